The summed E-state index contributed by atoms with van der Waals surface area (Å²) in [6.07, 6.45) is 0.376. The van der Waals surface area contributed by atoms with Gasteiger partial charge in [-0.05, 0) is 17.7 Å². The van der Waals surface area contributed by atoms with Crippen LogP contribution in [-0.4, -0.2) is 60.3 Å². The van der Waals surface area contributed by atoms with Gasteiger partial charge in [0.25, 0.3) is 0 Å². The molecule has 1 aromatic carbocycles. The minimum Gasteiger partial charge on any atom is -0.395 e. The number of piperazine rings is 1. The van der Waals surface area contributed by atoms with E-state index < -0.39 is 0 Å². The maximum Gasteiger partial charge on any atom is 0.321 e. The first-order valence-corrected chi connectivity index (χ1v) is 7.08. The molecule has 0 bridgehead atoms. The Hall–Kier alpha value is -2.10. The van der Waals surface area contributed by atoms with Gasteiger partial charge in [-0.25, -0.2) is 4.79 Å². The molecule has 0 aromatic heterocycles. The zero-order chi connectivity index (χ0) is 15.1. The minimum atomic E-state index is -0.105. The Bertz CT molecular complexity index is 501. The Labute approximate surface area is 124 Å². The molecule has 1 saturated heterocycles. The van der Waals surface area contributed by atoms with Crippen molar-refractivity contribution in [1.29, 1.82) is 5.26 Å². The maximum atomic E-state index is 12.1. The summed E-state index contributed by atoms with van der Waals surface area (Å²) in [6.45, 7) is 3.72. The summed E-state index contributed by atoms with van der Waals surface area (Å²) in [7, 11) is 0. The van der Waals surface area contributed by atoms with E-state index in [-0.39, 0.29) is 12.6 Å². The lowest BCUT2D eigenvalue weighted by atomic mass is 10.1. The van der Waals surface area contributed by atoms with E-state index >= 15 is 0 Å². The second-order valence-electron chi connectivity index (χ2n) is 5.01. The molecule has 0 atom stereocenters. The van der Waals surface area contributed by atoms with Crippen LogP contribution in [0.3, 0.4) is 0 Å². The molecule has 0 saturated carbocycles. The number of hydrogen-bond acceptors (Lipinski definition) is 4. The van der Waals surface area contributed by atoms with Crippen LogP contribution in [0.2, 0.25) is 0 Å². The molecule has 0 spiro atoms. The van der Waals surface area contributed by atoms with Gasteiger partial charge in [0, 0.05) is 38.4 Å². The number of hydrogen-bond donors (Lipinski definition) is 2. The maximum absolute atomic E-state index is 12.1. The fourth-order valence-electron chi connectivity index (χ4n) is 2.32. The Morgan fingerprint density at radius 1 is 1.24 bits per heavy atom. The highest BCUT2D eigenvalue weighted by molar-refractivity contribution is 5.89. The average Bonchev–Trinajstić information content (AvgIpc) is 2.50. The molecule has 2 rings (SSSR count). The van der Waals surface area contributed by atoms with Crippen molar-refractivity contribution in [2.75, 3.05) is 44.6 Å². The summed E-state index contributed by atoms with van der Waals surface area (Å²) in [5, 5.41) is 20.4. The van der Waals surface area contributed by atoms with Gasteiger partial charge >= 0.3 is 6.03 Å². The molecule has 1 aliphatic rings. The van der Waals surface area contributed by atoms with Crippen molar-refractivity contribution in [2.45, 2.75) is 6.42 Å². The first-order chi connectivity index (χ1) is 10.2. The van der Waals surface area contributed by atoms with E-state index in [1.807, 2.05) is 24.3 Å². The van der Waals surface area contributed by atoms with Crippen LogP contribution < -0.4 is 5.32 Å². The fraction of sp³-hybridized carbons (Fsp3) is 0.467. The van der Waals surface area contributed by atoms with E-state index in [4.69, 9.17) is 10.4 Å². The first kappa shape index (κ1) is 15.3. The Kier molecular flexibility index (Phi) is 5.55. The number of nitrogens with zero attached hydrogens (tertiary/aromatic N) is 3. The largest absolute Gasteiger partial charge is 0.395 e. The van der Waals surface area contributed by atoms with Crippen LogP contribution >= 0.6 is 0 Å². The monoisotopic (exact) mass is 288 g/mol. The summed E-state index contributed by atoms with van der Waals surface area (Å²) < 4.78 is 0. The molecule has 0 aliphatic carbocycles. The van der Waals surface area contributed by atoms with E-state index in [9.17, 15) is 4.79 Å². The average molecular weight is 288 g/mol. The Morgan fingerprint density at radius 2 is 1.90 bits per heavy atom. The summed E-state index contributed by atoms with van der Waals surface area (Å²) in [4.78, 5) is 16.1. The van der Waals surface area contributed by atoms with Crippen LogP contribution in [-0.2, 0) is 6.42 Å². The van der Waals surface area contributed by atoms with Gasteiger partial charge in [0.2, 0.25) is 0 Å². The molecule has 6 heteroatoms. The zero-order valence-corrected chi connectivity index (χ0v) is 12.0. The predicted octanol–water partition coefficient (Wildman–Crippen LogP) is 0.894. The van der Waals surface area contributed by atoms with Gasteiger partial charge in [0.1, 0.15) is 0 Å². The highest BCUT2D eigenvalue weighted by Crippen LogP contribution is 2.11. The second-order valence-corrected chi connectivity index (χ2v) is 5.01. The van der Waals surface area contributed by atoms with Gasteiger partial charge < -0.3 is 15.3 Å². The molecule has 2 N–H and O–H groups in total. The number of nitriles is 1. The number of aliphatic hydroxyl groups excluding tert-OH is 1. The van der Waals surface area contributed by atoms with E-state index in [1.165, 1.54) is 0 Å². The third-order valence-electron chi connectivity index (χ3n) is 3.56. The summed E-state index contributed by atoms with van der Waals surface area (Å²) in [5.41, 5.74) is 1.67. The number of aliphatic hydroxyl groups is 1. The Balaban J connectivity index is 1.83. The third kappa shape index (κ3) is 4.45. The van der Waals surface area contributed by atoms with Crippen LogP contribution in [0, 0.1) is 11.3 Å². The zero-order valence-electron chi connectivity index (χ0n) is 12.0. The van der Waals surface area contributed by atoms with Crippen molar-refractivity contribution in [1.82, 2.24) is 9.80 Å². The fourth-order valence-corrected chi connectivity index (χ4v) is 2.32. The summed E-state index contributed by atoms with van der Waals surface area (Å²) >= 11 is 0. The first-order valence-electron chi connectivity index (χ1n) is 7.08. The van der Waals surface area contributed by atoms with Gasteiger partial charge in [-0.15, -0.1) is 0 Å². The quantitative estimate of drug-likeness (QED) is 0.862. The van der Waals surface area contributed by atoms with Crippen LogP contribution in [0.15, 0.2) is 24.3 Å². The van der Waals surface area contributed by atoms with Gasteiger partial charge in [-0.3, -0.25) is 4.90 Å². The Morgan fingerprint density at radius 3 is 2.48 bits per heavy atom. The van der Waals surface area contributed by atoms with Gasteiger partial charge in [0.15, 0.2) is 0 Å². The highest BCUT2D eigenvalue weighted by atomic mass is 16.3. The number of amides is 2. The lowest BCUT2D eigenvalue weighted by Gasteiger charge is -2.34. The number of urea groups is 1. The molecule has 0 radical (unpaired) electrons. The van der Waals surface area contributed by atoms with Gasteiger partial charge in [-0.2, -0.15) is 5.26 Å². The van der Waals surface area contributed by atoms with Gasteiger partial charge in [-0.1, -0.05) is 12.1 Å². The molecule has 1 fully saturated rings. The molecule has 21 heavy (non-hydrogen) atoms. The second kappa shape index (κ2) is 7.62. The summed E-state index contributed by atoms with van der Waals surface area (Å²) in [5.74, 6) is 0. The number of carbonyl (C=O) groups excluding carboxylic acids is 1. The smallest absolute Gasteiger partial charge is 0.321 e. The standard InChI is InChI=1S/C15H20N4O2/c16-6-5-13-1-3-14(4-2-13)17-15(21)19-9-7-18(8-10-19)11-12-20/h1-4,20H,5,7-12H2,(H,17,21). The number of anilines is 1. The van der Waals surface area contributed by atoms with Crippen molar-refractivity contribution >= 4 is 11.7 Å². The topological polar surface area (TPSA) is 79.6 Å². The van der Waals surface area contributed by atoms with Crippen molar-refractivity contribution in [3.63, 3.8) is 0 Å². The van der Waals surface area contributed by atoms with Crippen LogP contribution in [0.4, 0.5) is 10.5 Å². The van der Waals surface area contributed by atoms with Crippen molar-refractivity contribution < 1.29 is 9.90 Å². The molecule has 1 heterocycles. The lowest BCUT2D eigenvalue weighted by Crippen LogP contribution is -2.50. The van der Waals surface area contributed by atoms with E-state index in [0.29, 0.717) is 26.1 Å². The van der Waals surface area contributed by atoms with E-state index in [1.54, 1.807) is 4.90 Å². The SMILES string of the molecule is N#CCc1ccc(NC(=O)N2CCN(CCO)CC2)cc1. The number of rotatable bonds is 4. The number of benzene rings is 1. The number of nitrogens with one attached hydrogen (secondary N) is 1. The predicted molar refractivity (Wildman–Crippen MR) is 79.9 cm³/mol. The van der Waals surface area contributed by atoms with Gasteiger partial charge in [0.05, 0.1) is 19.1 Å². The molecular formula is C15H20N4O2. The normalized spacial score (nSPS) is 15.5. The molecule has 2 amide bonds. The van der Waals surface area contributed by atoms with E-state index in [0.717, 1.165) is 24.3 Å². The van der Waals surface area contributed by atoms with Crippen LogP contribution in [0.1, 0.15) is 5.56 Å². The lowest BCUT2D eigenvalue weighted by molar-refractivity contribution is 0.127. The number of carbonyl (C=O) groups is 1. The van der Waals surface area contributed by atoms with Crippen molar-refractivity contribution in [3.8, 4) is 6.07 Å². The molecule has 6 nitrogen and oxygen atoms in total. The van der Waals surface area contributed by atoms with Crippen molar-refractivity contribution in [3.05, 3.63) is 29.8 Å². The molecule has 112 valence electrons. The molecule has 1 aliphatic heterocycles. The van der Waals surface area contributed by atoms with Crippen LogP contribution in [0.5, 0.6) is 0 Å². The molecule has 0 unspecified atom stereocenters. The number of β-amino-alcohol motifs (C(OH)–C–C–N with tert-alkyl or cyclic N) is 1. The molecular weight excluding hydrogens is 268 g/mol. The minimum absolute atomic E-state index is 0.105. The van der Waals surface area contributed by atoms with E-state index in [2.05, 4.69) is 16.3 Å². The summed E-state index contributed by atoms with van der Waals surface area (Å²) in [6, 6.07) is 9.30. The molecule has 1 aromatic rings. The highest BCUT2D eigenvalue weighted by Gasteiger charge is 2.20. The third-order valence-corrected chi connectivity index (χ3v) is 3.56. The van der Waals surface area contributed by atoms with Crippen LogP contribution in [0.25, 0.3) is 0 Å². The van der Waals surface area contributed by atoms with Crippen molar-refractivity contribution in [2.24, 2.45) is 0 Å².